The molecule has 0 heterocycles. The smallest absolute Gasteiger partial charge is 0.306 e. The molecule has 0 aliphatic carbocycles. The maximum absolute atomic E-state index is 11.7. The summed E-state index contributed by atoms with van der Waals surface area (Å²) in [7, 11) is 0. The van der Waals surface area contributed by atoms with Crippen LogP contribution in [0.2, 0.25) is 0 Å². The minimum absolute atomic E-state index is 0.0176. The van der Waals surface area contributed by atoms with Crippen LogP contribution in [0.1, 0.15) is 40.0 Å². The maximum atomic E-state index is 11.7. The molecule has 1 N–H and O–H groups in total. The fraction of sp³-hybridized carbons (Fsp3) is 0.833. The van der Waals surface area contributed by atoms with Gasteiger partial charge in [0, 0.05) is 12.5 Å². The highest BCUT2D eigenvalue weighted by molar-refractivity contribution is 5.83. The highest BCUT2D eigenvalue weighted by atomic mass is 16.5. The number of carboxylic acid groups (broad SMARTS) is 1. The SMILES string of the molecule is CCOCC(=O)C(CC)CC(CC)C(=O)O. The Morgan fingerprint density at radius 2 is 1.69 bits per heavy atom. The lowest BCUT2D eigenvalue weighted by Crippen LogP contribution is -2.25. The minimum atomic E-state index is -0.815. The van der Waals surface area contributed by atoms with E-state index in [0.29, 0.717) is 25.9 Å². The van der Waals surface area contributed by atoms with Crippen LogP contribution < -0.4 is 0 Å². The summed E-state index contributed by atoms with van der Waals surface area (Å²) in [6, 6.07) is 0. The molecule has 0 radical (unpaired) electrons. The van der Waals surface area contributed by atoms with Gasteiger partial charge in [0.25, 0.3) is 0 Å². The zero-order valence-corrected chi connectivity index (χ0v) is 10.4. The summed E-state index contributed by atoms with van der Waals surface area (Å²) in [5.41, 5.74) is 0. The number of ether oxygens (including phenoxy) is 1. The Labute approximate surface area is 97.0 Å². The van der Waals surface area contributed by atoms with Gasteiger partial charge < -0.3 is 9.84 Å². The van der Waals surface area contributed by atoms with Gasteiger partial charge in [-0.25, -0.2) is 0 Å². The molecule has 0 aliphatic heterocycles. The predicted octanol–water partition coefficient (Wildman–Crippen LogP) is 2.12. The Hall–Kier alpha value is -0.900. The summed E-state index contributed by atoms with van der Waals surface area (Å²) in [6.45, 7) is 6.19. The van der Waals surface area contributed by atoms with Gasteiger partial charge in [0.1, 0.15) is 6.61 Å². The van der Waals surface area contributed by atoms with Crippen molar-refractivity contribution in [1.82, 2.24) is 0 Å². The molecule has 0 amide bonds. The topological polar surface area (TPSA) is 63.6 Å². The monoisotopic (exact) mass is 230 g/mol. The quantitative estimate of drug-likeness (QED) is 0.659. The summed E-state index contributed by atoms with van der Waals surface area (Å²) >= 11 is 0. The van der Waals surface area contributed by atoms with E-state index in [-0.39, 0.29) is 18.3 Å². The summed E-state index contributed by atoms with van der Waals surface area (Å²) in [5, 5.41) is 8.93. The third-order valence-electron chi connectivity index (χ3n) is 2.81. The second-order valence-corrected chi connectivity index (χ2v) is 3.89. The normalized spacial score (nSPS) is 14.4. The molecule has 0 saturated heterocycles. The molecule has 94 valence electrons. The molecule has 2 atom stereocenters. The standard InChI is InChI=1S/C12H22O4/c1-4-9(11(13)8-16-6-3)7-10(5-2)12(14)15/h9-10H,4-8H2,1-3H3,(H,14,15). The van der Waals surface area contributed by atoms with Crippen LogP contribution in [0.15, 0.2) is 0 Å². The van der Waals surface area contributed by atoms with E-state index < -0.39 is 11.9 Å². The van der Waals surface area contributed by atoms with Crippen LogP contribution in [0.25, 0.3) is 0 Å². The molecule has 0 rings (SSSR count). The van der Waals surface area contributed by atoms with Crippen LogP contribution in [0.3, 0.4) is 0 Å². The van der Waals surface area contributed by atoms with Crippen molar-refractivity contribution in [3.8, 4) is 0 Å². The molecule has 0 aromatic heterocycles. The second kappa shape index (κ2) is 8.28. The van der Waals surface area contributed by atoms with Gasteiger partial charge in [-0.2, -0.15) is 0 Å². The lowest BCUT2D eigenvalue weighted by Gasteiger charge is -2.17. The van der Waals surface area contributed by atoms with E-state index in [2.05, 4.69) is 0 Å². The number of aliphatic carboxylic acids is 1. The molecule has 4 nitrogen and oxygen atoms in total. The van der Waals surface area contributed by atoms with Gasteiger partial charge in [-0.1, -0.05) is 13.8 Å². The van der Waals surface area contributed by atoms with E-state index in [9.17, 15) is 9.59 Å². The Morgan fingerprint density at radius 3 is 2.06 bits per heavy atom. The molecule has 0 bridgehead atoms. The van der Waals surface area contributed by atoms with Gasteiger partial charge in [0.15, 0.2) is 5.78 Å². The molecular formula is C12H22O4. The number of hydrogen-bond donors (Lipinski definition) is 1. The lowest BCUT2D eigenvalue weighted by atomic mass is 9.88. The van der Waals surface area contributed by atoms with E-state index in [1.807, 2.05) is 20.8 Å². The molecule has 0 aromatic rings. The Bertz CT molecular complexity index is 225. The van der Waals surface area contributed by atoms with Crippen molar-refractivity contribution in [2.75, 3.05) is 13.2 Å². The Balaban J connectivity index is 4.26. The highest BCUT2D eigenvalue weighted by Gasteiger charge is 2.24. The van der Waals surface area contributed by atoms with E-state index >= 15 is 0 Å². The van der Waals surface area contributed by atoms with Crippen molar-refractivity contribution in [2.45, 2.75) is 40.0 Å². The molecule has 0 aliphatic rings. The van der Waals surface area contributed by atoms with E-state index in [4.69, 9.17) is 9.84 Å². The van der Waals surface area contributed by atoms with E-state index in [1.54, 1.807) is 0 Å². The molecule has 16 heavy (non-hydrogen) atoms. The minimum Gasteiger partial charge on any atom is -0.481 e. The lowest BCUT2D eigenvalue weighted by molar-refractivity contribution is -0.143. The van der Waals surface area contributed by atoms with Crippen LogP contribution in [0.4, 0.5) is 0 Å². The number of carboxylic acids is 1. The predicted molar refractivity (Wildman–Crippen MR) is 61.3 cm³/mol. The zero-order valence-electron chi connectivity index (χ0n) is 10.4. The van der Waals surface area contributed by atoms with Gasteiger partial charge in [0.05, 0.1) is 5.92 Å². The largest absolute Gasteiger partial charge is 0.481 e. The number of ketones is 1. The van der Waals surface area contributed by atoms with Crippen LogP contribution in [0.5, 0.6) is 0 Å². The first kappa shape index (κ1) is 15.1. The van der Waals surface area contributed by atoms with Crippen molar-refractivity contribution < 1.29 is 19.4 Å². The number of Topliss-reactive ketones (excluding diaryl/α,β-unsaturated/α-hetero) is 1. The van der Waals surface area contributed by atoms with Crippen molar-refractivity contribution >= 4 is 11.8 Å². The first-order valence-electron chi connectivity index (χ1n) is 5.89. The van der Waals surface area contributed by atoms with Gasteiger partial charge in [-0.05, 0) is 26.2 Å². The van der Waals surface area contributed by atoms with Crippen molar-refractivity contribution in [3.63, 3.8) is 0 Å². The summed E-state index contributed by atoms with van der Waals surface area (Å²) in [5.74, 6) is -1.41. The zero-order chi connectivity index (χ0) is 12.6. The second-order valence-electron chi connectivity index (χ2n) is 3.89. The molecular weight excluding hydrogens is 208 g/mol. The van der Waals surface area contributed by atoms with Gasteiger partial charge in [0.2, 0.25) is 0 Å². The van der Waals surface area contributed by atoms with E-state index in [1.165, 1.54) is 0 Å². The first-order chi connectivity index (χ1) is 7.56. The summed E-state index contributed by atoms with van der Waals surface area (Å²) in [4.78, 5) is 22.6. The van der Waals surface area contributed by atoms with Gasteiger partial charge in [-0.3, -0.25) is 9.59 Å². The molecule has 0 aromatic carbocycles. The number of rotatable bonds is 9. The third-order valence-corrected chi connectivity index (χ3v) is 2.81. The van der Waals surface area contributed by atoms with Gasteiger partial charge >= 0.3 is 5.97 Å². The average Bonchev–Trinajstić information content (AvgIpc) is 2.27. The van der Waals surface area contributed by atoms with Gasteiger partial charge in [-0.15, -0.1) is 0 Å². The molecule has 0 fully saturated rings. The number of carbonyl (C=O) groups excluding carboxylic acids is 1. The first-order valence-corrected chi connectivity index (χ1v) is 5.89. The molecule has 4 heteroatoms. The van der Waals surface area contributed by atoms with Crippen LogP contribution >= 0.6 is 0 Å². The third kappa shape index (κ3) is 5.26. The van der Waals surface area contributed by atoms with Crippen LogP contribution in [0, 0.1) is 11.8 Å². The van der Waals surface area contributed by atoms with Crippen molar-refractivity contribution in [3.05, 3.63) is 0 Å². The molecule has 2 unspecified atom stereocenters. The van der Waals surface area contributed by atoms with Crippen LogP contribution in [-0.4, -0.2) is 30.1 Å². The average molecular weight is 230 g/mol. The maximum Gasteiger partial charge on any atom is 0.306 e. The molecule has 0 spiro atoms. The summed E-state index contributed by atoms with van der Waals surface area (Å²) in [6.07, 6.45) is 1.66. The Morgan fingerprint density at radius 1 is 1.12 bits per heavy atom. The number of hydrogen-bond acceptors (Lipinski definition) is 3. The Kier molecular flexibility index (Phi) is 7.81. The fourth-order valence-corrected chi connectivity index (χ4v) is 1.63. The number of carbonyl (C=O) groups is 2. The van der Waals surface area contributed by atoms with E-state index in [0.717, 1.165) is 0 Å². The highest BCUT2D eigenvalue weighted by Crippen LogP contribution is 2.20. The molecule has 0 saturated carbocycles. The summed E-state index contributed by atoms with van der Waals surface area (Å²) < 4.78 is 5.06. The van der Waals surface area contributed by atoms with Crippen molar-refractivity contribution in [1.29, 1.82) is 0 Å². The van der Waals surface area contributed by atoms with Crippen molar-refractivity contribution in [2.24, 2.45) is 11.8 Å². The van der Waals surface area contributed by atoms with Crippen LogP contribution in [-0.2, 0) is 14.3 Å². The fourth-order valence-electron chi connectivity index (χ4n) is 1.63.